The lowest BCUT2D eigenvalue weighted by atomic mass is 10.1. The third-order valence-electron chi connectivity index (χ3n) is 2.62. The van der Waals surface area contributed by atoms with Gasteiger partial charge in [0.25, 0.3) is 0 Å². The zero-order valence-corrected chi connectivity index (χ0v) is 11.6. The summed E-state index contributed by atoms with van der Waals surface area (Å²) in [6, 6.07) is 5.25. The second-order valence-corrected chi connectivity index (χ2v) is 4.64. The lowest BCUT2D eigenvalue weighted by Gasteiger charge is -1.98. The quantitative estimate of drug-likeness (QED) is 0.699. The molecule has 0 amide bonds. The van der Waals surface area contributed by atoms with Crippen LogP contribution < -0.4 is 0 Å². The zero-order chi connectivity index (χ0) is 13.3. The lowest BCUT2D eigenvalue weighted by Crippen LogP contribution is -2.05. The molecule has 1 aromatic heterocycles. The maximum atomic E-state index is 11.7. The molecule has 94 valence electrons. The number of hydrogen-bond acceptors (Lipinski definition) is 3. The molecule has 0 aliphatic carbocycles. The molecule has 4 nitrogen and oxygen atoms in total. The Kier molecular flexibility index (Phi) is 3.52. The number of nitrogens with one attached hydrogen (secondary N) is 1. The van der Waals surface area contributed by atoms with Crippen LogP contribution in [0.4, 0.5) is 0 Å². The van der Waals surface area contributed by atoms with E-state index in [0.29, 0.717) is 22.3 Å². The van der Waals surface area contributed by atoms with Crippen molar-refractivity contribution >= 4 is 38.6 Å². The maximum Gasteiger partial charge on any atom is 0.355 e. The van der Waals surface area contributed by atoms with Crippen molar-refractivity contribution in [3.05, 3.63) is 33.9 Å². The number of H-pyrrole nitrogens is 1. The minimum Gasteiger partial charge on any atom is -0.461 e. The van der Waals surface area contributed by atoms with E-state index in [9.17, 15) is 9.59 Å². The van der Waals surface area contributed by atoms with E-state index < -0.39 is 5.97 Å². The Morgan fingerprint density at radius 2 is 2.11 bits per heavy atom. The van der Waals surface area contributed by atoms with Gasteiger partial charge in [0, 0.05) is 16.5 Å². The second kappa shape index (κ2) is 4.94. The number of aromatic nitrogens is 1. The Bertz CT molecular complexity index is 630. The van der Waals surface area contributed by atoms with Crippen molar-refractivity contribution in [1.82, 2.24) is 4.98 Å². The van der Waals surface area contributed by atoms with Gasteiger partial charge in [-0.3, -0.25) is 4.79 Å². The molecule has 0 spiro atoms. The van der Waals surface area contributed by atoms with E-state index >= 15 is 0 Å². The molecule has 1 aromatic carbocycles. The fourth-order valence-corrected chi connectivity index (χ4v) is 2.31. The zero-order valence-electron chi connectivity index (χ0n) is 10.0. The summed E-state index contributed by atoms with van der Waals surface area (Å²) in [6.45, 7) is 3.58. The molecule has 0 aliphatic heterocycles. The number of benzene rings is 1. The van der Waals surface area contributed by atoms with E-state index in [0.717, 1.165) is 10.9 Å². The van der Waals surface area contributed by atoms with Gasteiger partial charge in [-0.05, 0) is 48.0 Å². The van der Waals surface area contributed by atoms with E-state index in [1.807, 2.05) is 0 Å². The summed E-state index contributed by atoms with van der Waals surface area (Å²) in [5.74, 6) is -0.423. The molecule has 0 radical (unpaired) electrons. The van der Waals surface area contributed by atoms with E-state index in [1.54, 1.807) is 25.1 Å². The molecule has 0 saturated carbocycles. The van der Waals surface area contributed by atoms with Crippen molar-refractivity contribution in [1.29, 1.82) is 0 Å². The number of rotatable bonds is 3. The fourth-order valence-electron chi connectivity index (χ4n) is 1.72. The van der Waals surface area contributed by atoms with E-state index in [1.165, 1.54) is 6.92 Å². The van der Waals surface area contributed by atoms with Gasteiger partial charge in [0.2, 0.25) is 0 Å². The number of carbonyl (C=O) groups excluding carboxylic acids is 2. The first kappa shape index (κ1) is 12.8. The van der Waals surface area contributed by atoms with Crippen molar-refractivity contribution < 1.29 is 14.3 Å². The molecule has 18 heavy (non-hydrogen) atoms. The van der Waals surface area contributed by atoms with Crippen LogP contribution in [-0.2, 0) is 4.74 Å². The van der Waals surface area contributed by atoms with Gasteiger partial charge >= 0.3 is 5.97 Å². The van der Waals surface area contributed by atoms with Crippen LogP contribution in [0.1, 0.15) is 34.7 Å². The number of hydrogen-bond donors (Lipinski definition) is 1. The highest BCUT2D eigenvalue weighted by atomic mass is 79.9. The minimum atomic E-state index is -0.412. The van der Waals surface area contributed by atoms with Crippen molar-refractivity contribution in [3.63, 3.8) is 0 Å². The molecule has 0 fully saturated rings. The second-order valence-electron chi connectivity index (χ2n) is 3.85. The molecule has 2 rings (SSSR count). The highest BCUT2D eigenvalue weighted by Crippen LogP contribution is 2.29. The molecule has 2 aromatic rings. The molecule has 0 unspecified atom stereocenters. The van der Waals surface area contributed by atoms with Crippen molar-refractivity contribution in [2.75, 3.05) is 6.61 Å². The van der Waals surface area contributed by atoms with Crippen LogP contribution in [0.5, 0.6) is 0 Å². The summed E-state index contributed by atoms with van der Waals surface area (Å²) in [6.07, 6.45) is 0. The predicted molar refractivity (Wildman–Crippen MR) is 72.0 cm³/mol. The number of ether oxygens (including phenoxy) is 1. The normalized spacial score (nSPS) is 10.6. The van der Waals surface area contributed by atoms with Gasteiger partial charge < -0.3 is 9.72 Å². The largest absolute Gasteiger partial charge is 0.461 e. The molecule has 0 atom stereocenters. The van der Waals surface area contributed by atoms with Crippen molar-refractivity contribution in [3.8, 4) is 0 Å². The first-order chi connectivity index (χ1) is 8.54. The van der Waals surface area contributed by atoms with Crippen LogP contribution in [0.25, 0.3) is 10.9 Å². The van der Waals surface area contributed by atoms with Crippen LogP contribution in [-0.4, -0.2) is 23.3 Å². The topological polar surface area (TPSA) is 59.2 Å². The SMILES string of the molecule is CCOC(=O)c1[nH]c2ccc(C(C)=O)cc2c1Br. The summed E-state index contributed by atoms with van der Waals surface area (Å²) in [5, 5.41) is 0.797. The van der Waals surface area contributed by atoms with Crippen molar-refractivity contribution in [2.45, 2.75) is 13.8 Å². The maximum absolute atomic E-state index is 11.7. The summed E-state index contributed by atoms with van der Waals surface area (Å²) < 4.78 is 5.57. The fraction of sp³-hybridized carbons (Fsp3) is 0.231. The third-order valence-corrected chi connectivity index (χ3v) is 3.44. The number of carbonyl (C=O) groups is 2. The highest BCUT2D eigenvalue weighted by molar-refractivity contribution is 9.10. The molecular formula is C13H12BrNO3. The number of aromatic amines is 1. The lowest BCUT2D eigenvalue weighted by molar-refractivity contribution is 0.0519. The Balaban J connectivity index is 2.56. The summed E-state index contributed by atoms with van der Waals surface area (Å²) in [7, 11) is 0. The standard InChI is InChI=1S/C13H12BrNO3/c1-3-18-13(17)12-11(14)9-6-8(7(2)16)4-5-10(9)15-12/h4-6,15H,3H2,1-2H3. The number of esters is 1. The van der Waals surface area contributed by atoms with Gasteiger partial charge in [-0.1, -0.05) is 0 Å². The van der Waals surface area contributed by atoms with Crippen LogP contribution in [0, 0.1) is 0 Å². The number of Topliss-reactive ketones (excluding diaryl/α,β-unsaturated/α-hetero) is 1. The Hall–Kier alpha value is -1.62. The summed E-state index contributed by atoms with van der Waals surface area (Å²) in [4.78, 5) is 26.0. The van der Waals surface area contributed by atoms with Crippen molar-refractivity contribution in [2.24, 2.45) is 0 Å². The van der Waals surface area contributed by atoms with Gasteiger partial charge in [0.1, 0.15) is 5.69 Å². The number of halogens is 1. The molecule has 0 aliphatic rings. The molecule has 1 N–H and O–H groups in total. The number of fused-ring (bicyclic) bond motifs is 1. The van der Waals surface area contributed by atoms with Gasteiger partial charge in [0.05, 0.1) is 11.1 Å². The summed E-state index contributed by atoms with van der Waals surface area (Å²) in [5.41, 5.74) is 1.76. The first-order valence-corrected chi connectivity index (χ1v) is 6.33. The number of ketones is 1. The summed E-state index contributed by atoms with van der Waals surface area (Å²) >= 11 is 3.36. The van der Waals surface area contributed by atoms with E-state index in [-0.39, 0.29) is 5.78 Å². The smallest absolute Gasteiger partial charge is 0.355 e. The molecule has 5 heteroatoms. The monoisotopic (exact) mass is 309 g/mol. The Labute approximate surface area is 112 Å². The van der Waals surface area contributed by atoms with Gasteiger partial charge in [-0.15, -0.1) is 0 Å². The van der Waals surface area contributed by atoms with Crippen LogP contribution in [0.15, 0.2) is 22.7 Å². The molecule has 0 saturated heterocycles. The van der Waals surface area contributed by atoms with Crippen LogP contribution in [0.2, 0.25) is 0 Å². The van der Waals surface area contributed by atoms with Gasteiger partial charge in [-0.2, -0.15) is 0 Å². The molecule has 0 bridgehead atoms. The van der Waals surface area contributed by atoms with Crippen LogP contribution >= 0.6 is 15.9 Å². The van der Waals surface area contributed by atoms with E-state index in [4.69, 9.17) is 4.74 Å². The van der Waals surface area contributed by atoms with Gasteiger partial charge in [0.15, 0.2) is 5.78 Å². The third kappa shape index (κ3) is 2.18. The average molecular weight is 310 g/mol. The highest BCUT2D eigenvalue weighted by Gasteiger charge is 2.17. The van der Waals surface area contributed by atoms with Gasteiger partial charge in [-0.25, -0.2) is 4.79 Å². The Morgan fingerprint density at radius 1 is 1.39 bits per heavy atom. The average Bonchev–Trinajstić information content (AvgIpc) is 2.67. The minimum absolute atomic E-state index is 0.0114. The Morgan fingerprint density at radius 3 is 2.72 bits per heavy atom. The molecule has 1 heterocycles. The van der Waals surface area contributed by atoms with E-state index in [2.05, 4.69) is 20.9 Å². The van der Waals surface area contributed by atoms with Crippen LogP contribution in [0.3, 0.4) is 0 Å². The first-order valence-electron chi connectivity index (χ1n) is 5.54. The molecular weight excluding hydrogens is 298 g/mol. The predicted octanol–water partition coefficient (Wildman–Crippen LogP) is 3.31.